The third-order valence-corrected chi connectivity index (χ3v) is 7.23. The van der Waals surface area contributed by atoms with Crippen LogP contribution >= 0.6 is 0 Å². The number of rotatable bonds is 10. The fraction of sp³-hybridized carbons (Fsp3) is 0.650. The van der Waals surface area contributed by atoms with Gasteiger partial charge in [-0.3, -0.25) is 4.79 Å². The van der Waals surface area contributed by atoms with Crippen LogP contribution in [0.4, 0.5) is 5.69 Å². The summed E-state index contributed by atoms with van der Waals surface area (Å²) in [6.07, 6.45) is 2.87. The topological polar surface area (TPSA) is 81.8 Å². The van der Waals surface area contributed by atoms with E-state index < -0.39 is 10.0 Å². The van der Waals surface area contributed by atoms with Crippen molar-refractivity contribution >= 4 is 21.6 Å². The van der Waals surface area contributed by atoms with Gasteiger partial charge in [0.05, 0.1) is 11.4 Å². The number of carbonyl (C=O) groups is 1. The summed E-state index contributed by atoms with van der Waals surface area (Å²) in [5.41, 5.74) is 1.21. The fourth-order valence-electron chi connectivity index (χ4n) is 3.38. The van der Waals surface area contributed by atoms with Gasteiger partial charge in [0.15, 0.2) is 0 Å². The van der Waals surface area contributed by atoms with Gasteiger partial charge in [0.2, 0.25) is 15.9 Å². The first-order chi connectivity index (χ1) is 13.4. The third kappa shape index (κ3) is 6.27. The number of nitrogens with zero attached hydrogens (tertiary/aromatic N) is 2. The Morgan fingerprint density at radius 3 is 2.46 bits per heavy atom. The summed E-state index contributed by atoms with van der Waals surface area (Å²) in [4.78, 5) is 14.8. The van der Waals surface area contributed by atoms with Crippen molar-refractivity contribution < 1.29 is 13.2 Å². The summed E-state index contributed by atoms with van der Waals surface area (Å²) in [5.74, 6) is -0.176. The maximum absolute atomic E-state index is 13.0. The Bertz CT molecular complexity index is 742. The van der Waals surface area contributed by atoms with Crippen molar-refractivity contribution in [3.05, 3.63) is 23.8 Å². The molecular weight excluding hydrogens is 376 g/mol. The average Bonchev–Trinajstić information content (AvgIpc) is 2.70. The van der Waals surface area contributed by atoms with Crippen molar-refractivity contribution in [1.29, 1.82) is 0 Å². The lowest BCUT2D eigenvalue weighted by Crippen LogP contribution is -2.36. The van der Waals surface area contributed by atoms with Crippen LogP contribution in [0.25, 0.3) is 0 Å². The van der Waals surface area contributed by atoms with Gasteiger partial charge in [0.1, 0.15) is 0 Å². The Labute approximate surface area is 169 Å². The molecule has 8 heteroatoms. The predicted octanol–water partition coefficient (Wildman–Crippen LogP) is 2.04. The van der Waals surface area contributed by atoms with E-state index in [1.54, 1.807) is 29.4 Å². The van der Waals surface area contributed by atoms with Crippen LogP contribution in [0.15, 0.2) is 23.1 Å². The maximum atomic E-state index is 13.0. The van der Waals surface area contributed by atoms with Gasteiger partial charge in [-0.05, 0) is 50.6 Å². The van der Waals surface area contributed by atoms with E-state index in [1.807, 2.05) is 0 Å². The number of aryl methyl sites for hydroxylation is 1. The molecular formula is C20H34N4O3S. The number of hydrogen-bond donors (Lipinski definition) is 2. The van der Waals surface area contributed by atoms with Gasteiger partial charge in [-0.2, -0.15) is 4.31 Å². The molecule has 1 saturated heterocycles. The van der Waals surface area contributed by atoms with E-state index >= 15 is 0 Å². The number of amides is 1. The Hall–Kier alpha value is -1.48. The van der Waals surface area contributed by atoms with E-state index in [9.17, 15) is 13.2 Å². The highest BCUT2D eigenvalue weighted by Crippen LogP contribution is 2.25. The highest BCUT2D eigenvalue weighted by Gasteiger charge is 2.27. The van der Waals surface area contributed by atoms with Crippen LogP contribution in [0.5, 0.6) is 0 Å². The molecule has 0 spiro atoms. The zero-order valence-corrected chi connectivity index (χ0v) is 18.1. The molecule has 1 aliphatic rings. The van der Waals surface area contributed by atoms with E-state index in [0.717, 1.165) is 45.4 Å². The molecule has 1 aliphatic heterocycles. The molecule has 158 valence electrons. The van der Waals surface area contributed by atoms with Crippen LogP contribution in [-0.2, 0) is 14.8 Å². The Morgan fingerprint density at radius 2 is 1.82 bits per heavy atom. The zero-order chi connectivity index (χ0) is 20.6. The lowest BCUT2D eigenvalue weighted by atomic mass is 10.2. The number of nitrogens with one attached hydrogen (secondary N) is 2. The molecule has 1 heterocycles. The number of carbonyl (C=O) groups excluding carboxylic acids is 1. The highest BCUT2D eigenvalue weighted by atomic mass is 32.2. The van der Waals surface area contributed by atoms with E-state index in [1.165, 1.54) is 0 Å². The van der Waals surface area contributed by atoms with Crippen molar-refractivity contribution in [3.63, 3.8) is 0 Å². The minimum absolute atomic E-state index is 0.176. The van der Waals surface area contributed by atoms with Crippen molar-refractivity contribution in [2.45, 2.75) is 44.9 Å². The number of likely N-dealkylation sites (N-methyl/N-ethyl adjacent to an activating group) is 1. The molecule has 0 aromatic heterocycles. The van der Waals surface area contributed by atoms with Gasteiger partial charge in [-0.25, -0.2) is 8.42 Å². The SMILES string of the molecule is CCN(CC)CCNCC(=O)Nc1ccc(C)c(S(=O)(=O)N2CCCCC2)c1. The molecule has 0 atom stereocenters. The second kappa shape index (κ2) is 10.9. The normalized spacial score (nSPS) is 15.7. The molecule has 28 heavy (non-hydrogen) atoms. The lowest BCUT2D eigenvalue weighted by molar-refractivity contribution is -0.115. The van der Waals surface area contributed by atoms with Crippen LogP contribution in [0.1, 0.15) is 38.7 Å². The summed E-state index contributed by atoms with van der Waals surface area (Å²) >= 11 is 0. The van der Waals surface area contributed by atoms with E-state index in [2.05, 4.69) is 29.4 Å². The predicted molar refractivity (Wildman–Crippen MR) is 113 cm³/mol. The lowest BCUT2D eigenvalue weighted by Gasteiger charge is -2.26. The first-order valence-electron chi connectivity index (χ1n) is 10.2. The Morgan fingerprint density at radius 1 is 1.14 bits per heavy atom. The second-order valence-corrected chi connectivity index (χ2v) is 9.10. The van der Waals surface area contributed by atoms with Gasteiger partial charge >= 0.3 is 0 Å². The number of piperidine rings is 1. The van der Waals surface area contributed by atoms with Gasteiger partial charge < -0.3 is 15.5 Å². The van der Waals surface area contributed by atoms with Crippen molar-refractivity contribution in [2.24, 2.45) is 0 Å². The standard InChI is InChI=1S/C20H34N4O3S/c1-4-23(5-2)14-11-21-16-20(25)22-18-10-9-17(3)19(15-18)28(26,27)24-12-7-6-8-13-24/h9-10,15,21H,4-8,11-14,16H2,1-3H3,(H,22,25). The first-order valence-corrected chi connectivity index (χ1v) is 11.7. The van der Waals surface area contributed by atoms with Gasteiger partial charge in [0, 0.05) is 31.9 Å². The molecule has 7 nitrogen and oxygen atoms in total. The monoisotopic (exact) mass is 410 g/mol. The fourth-order valence-corrected chi connectivity index (χ4v) is 5.15. The minimum Gasteiger partial charge on any atom is -0.325 e. The number of hydrogen-bond acceptors (Lipinski definition) is 5. The number of sulfonamides is 1. The molecule has 0 saturated carbocycles. The minimum atomic E-state index is -3.53. The summed E-state index contributed by atoms with van der Waals surface area (Å²) in [6.45, 7) is 10.9. The van der Waals surface area contributed by atoms with E-state index in [4.69, 9.17) is 0 Å². The molecule has 1 aromatic rings. The van der Waals surface area contributed by atoms with Crippen LogP contribution < -0.4 is 10.6 Å². The molecule has 1 aromatic carbocycles. The van der Waals surface area contributed by atoms with E-state index in [0.29, 0.717) is 24.3 Å². The molecule has 0 bridgehead atoms. The summed E-state index contributed by atoms with van der Waals surface area (Å²) in [7, 11) is -3.53. The van der Waals surface area contributed by atoms with Crippen LogP contribution in [-0.4, -0.2) is 69.3 Å². The average molecular weight is 411 g/mol. The highest BCUT2D eigenvalue weighted by molar-refractivity contribution is 7.89. The van der Waals surface area contributed by atoms with Crippen molar-refractivity contribution in [3.8, 4) is 0 Å². The second-order valence-electron chi connectivity index (χ2n) is 7.20. The van der Waals surface area contributed by atoms with Crippen LogP contribution in [0.2, 0.25) is 0 Å². The van der Waals surface area contributed by atoms with E-state index in [-0.39, 0.29) is 17.3 Å². The molecule has 0 aliphatic carbocycles. The third-order valence-electron chi connectivity index (χ3n) is 5.19. The molecule has 0 unspecified atom stereocenters. The summed E-state index contributed by atoms with van der Waals surface area (Å²) in [5, 5.41) is 5.93. The number of benzene rings is 1. The molecule has 0 radical (unpaired) electrons. The largest absolute Gasteiger partial charge is 0.325 e. The Kier molecular flexibility index (Phi) is 8.88. The van der Waals surface area contributed by atoms with Crippen LogP contribution in [0.3, 0.4) is 0 Å². The van der Waals surface area contributed by atoms with Gasteiger partial charge in [-0.15, -0.1) is 0 Å². The Balaban J connectivity index is 1.96. The first kappa shape index (κ1) is 22.8. The summed E-state index contributed by atoms with van der Waals surface area (Å²) < 4.78 is 27.5. The van der Waals surface area contributed by atoms with Gasteiger partial charge in [0.25, 0.3) is 0 Å². The quantitative estimate of drug-likeness (QED) is 0.577. The molecule has 1 amide bonds. The van der Waals surface area contributed by atoms with Crippen LogP contribution in [0, 0.1) is 6.92 Å². The van der Waals surface area contributed by atoms with Crippen molar-refractivity contribution in [2.75, 3.05) is 51.1 Å². The maximum Gasteiger partial charge on any atom is 0.243 e. The zero-order valence-electron chi connectivity index (χ0n) is 17.3. The smallest absolute Gasteiger partial charge is 0.243 e. The summed E-state index contributed by atoms with van der Waals surface area (Å²) in [6, 6.07) is 5.08. The molecule has 2 rings (SSSR count). The van der Waals surface area contributed by atoms with Gasteiger partial charge in [-0.1, -0.05) is 26.3 Å². The van der Waals surface area contributed by atoms with Crippen molar-refractivity contribution in [1.82, 2.24) is 14.5 Å². The molecule has 2 N–H and O–H groups in total. The number of anilines is 1. The molecule has 1 fully saturated rings.